The Morgan fingerprint density at radius 2 is 2.54 bits per heavy atom. The molecule has 1 aliphatic heterocycles. The highest BCUT2D eigenvalue weighted by Gasteiger charge is 2.28. The number of aliphatic hydroxyl groups excluding tert-OH is 1. The largest absolute Gasteiger partial charge is 0.448 e. The lowest BCUT2D eigenvalue weighted by Gasteiger charge is -2.23. The molecule has 1 atom stereocenters. The Morgan fingerprint density at radius 1 is 1.77 bits per heavy atom. The summed E-state index contributed by atoms with van der Waals surface area (Å²) in [5.74, 6) is 0. The number of hydrogen-bond donors (Lipinski definition) is 1. The molecule has 5 heteroatoms. The number of cyclic esters (lactones) is 1. The number of rotatable bonds is 5. The van der Waals surface area contributed by atoms with E-state index in [1.165, 1.54) is 0 Å². The van der Waals surface area contributed by atoms with Crippen LogP contribution in [0.1, 0.15) is 6.42 Å². The van der Waals surface area contributed by atoms with E-state index in [4.69, 9.17) is 14.6 Å². The highest BCUT2D eigenvalue weighted by Crippen LogP contribution is 2.11. The molecule has 0 aromatic carbocycles. The van der Waals surface area contributed by atoms with Crippen LogP contribution in [0.3, 0.4) is 0 Å². The molecule has 5 nitrogen and oxygen atoms in total. The van der Waals surface area contributed by atoms with Crippen molar-refractivity contribution in [3.05, 3.63) is 0 Å². The molecule has 1 fully saturated rings. The van der Waals surface area contributed by atoms with Crippen LogP contribution in [-0.4, -0.2) is 55.6 Å². The van der Waals surface area contributed by atoms with Crippen LogP contribution in [0, 0.1) is 0 Å². The van der Waals surface area contributed by atoms with Crippen molar-refractivity contribution >= 4 is 6.09 Å². The molecule has 0 spiro atoms. The Morgan fingerprint density at radius 3 is 3.00 bits per heavy atom. The number of nitrogens with zero attached hydrogens (tertiary/aromatic N) is 1. The van der Waals surface area contributed by atoms with Crippen LogP contribution in [0.5, 0.6) is 0 Å². The predicted octanol–water partition coefficient (Wildman–Crippen LogP) is -0.164. The summed E-state index contributed by atoms with van der Waals surface area (Å²) in [6.07, 6.45) is 0.221. The van der Waals surface area contributed by atoms with Crippen LogP contribution < -0.4 is 0 Å². The Bertz CT molecular complexity index is 168. The lowest BCUT2D eigenvalue weighted by atomic mass is 10.2. The fourth-order valence-corrected chi connectivity index (χ4v) is 1.41. The maximum atomic E-state index is 11.1. The summed E-state index contributed by atoms with van der Waals surface area (Å²) in [5, 5.41) is 8.78. The SMILES string of the molecule is COCC(CCO)N1CCOC1=O. The smallest absolute Gasteiger partial charge is 0.410 e. The number of ether oxygens (including phenoxy) is 2. The minimum Gasteiger partial charge on any atom is -0.448 e. The predicted molar refractivity (Wildman–Crippen MR) is 45.4 cm³/mol. The third-order valence-electron chi connectivity index (χ3n) is 2.05. The normalized spacial score (nSPS) is 18.9. The third-order valence-corrected chi connectivity index (χ3v) is 2.05. The van der Waals surface area contributed by atoms with Gasteiger partial charge in [0.1, 0.15) is 6.61 Å². The van der Waals surface area contributed by atoms with Crippen molar-refractivity contribution in [2.24, 2.45) is 0 Å². The van der Waals surface area contributed by atoms with Gasteiger partial charge in [-0.25, -0.2) is 4.79 Å². The second kappa shape index (κ2) is 5.04. The summed E-state index contributed by atoms with van der Waals surface area (Å²) >= 11 is 0. The fourth-order valence-electron chi connectivity index (χ4n) is 1.41. The van der Waals surface area contributed by atoms with Crippen LogP contribution in [0.25, 0.3) is 0 Å². The van der Waals surface area contributed by atoms with Gasteiger partial charge in [0.05, 0.1) is 19.2 Å². The third kappa shape index (κ3) is 2.57. The number of amides is 1. The molecule has 1 amide bonds. The summed E-state index contributed by atoms with van der Waals surface area (Å²) < 4.78 is 9.75. The van der Waals surface area contributed by atoms with Gasteiger partial charge in [-0.1, -0.05) is 0 Å². The second-order valence-corrected chi connectivity index (χ2v) is 2.93. The van der Waals surface area contributed by atoms with Crippen molar-refractivity contribution in [3.63, 3.8) is 0 Å². The van der Waals surface area contributed by atoms with Crippen molar-refractivity contribution in [2.45, 2.75) is 12.5 Å². The lowest BCUT2D eigenvalue weighted by Crippen LogP contribution is -2.39. The van der Waals surface area contributed by atoms with E-state index in [9.17, 15) is 4.79 Å². The van der Waals surface area contributed by atoms with Crippen molar-refractivity contribution in [1.82, 2.24) is 4.90 Å². The first-order valence-corrected chi connectivity index (χ1v) is 4.32. The average Bonchev–Trinajstić information content (AvgIpc) is 2.51. The van der Waals surface area contributed by atoms with Gasteiger partial charge in [0.15, 0.2) is 0 Å². The van der Waals surface area contributed by atoms with Crippen LogP contribution in [0.2, 0.25) is 0 Å². The first-order chi connectivity index (χ1) is 6.29. The molecule has 1 saturated heterocycles. The fraction of sp³-hybridized carbons (Fsp3) is 0.875. The van der Waals surface area contributed by atoms with Gasteiger partial charge in [0, 0.05) is 13.7 Å². The zero-order valence-corrected chi connectivity index (χ0v) is 7.73. The molecule has 0 radical (unpaired) electrons. The molecule has 0 bridgehead atoms. The number of methoxy groups -OCH3 is 1. The summed E-state index contributed by atoms with van der Waals surface area (Å²) in [7, 11) is 1.58. The molecule has 1 aliphatic rings. The highest BCUT2D eigenvalue weighted by molar-refractivity contribution is 5.69. The molecule has 0 aromatic heterocycles. The Labute approximate surface area is 77.2 Å². The quantitative estimate of drug-likeness (QED) is 0.652. The maximum Gasteiger partial charge on any atom is 0.410 e. The zero-order chi connectivity index (χ0) is 9.68. The van der Waals surface area contributed by atoms with Gasteiger partial charge in [-0.05, 0) is 6.42 Å². The molecule has 1 heterocycles. The van der Waals surface area contributed by atoms with Crippen LogP contribution in [0.4, 0.5) is 4.79 Å². The molecule has 0 aliphatic carbocycles. The van der Waals surface area contributed by atoms with Crippen molar-refractivity contribution in [2.75, 3.05) is 33.5 Å². The molecule has 0 aromatic rings. The van der Waals surface area contributed by atoms with Crippen molar-refractivity contribution < 1.29 is 19.4 Å². The molecule has 76 valence electrons. The van der Waals surface area contributed by atoms with Crippen molar-refractivity contribution in [1.29, 1.82) is 0 Å². The maximum absolute atomic E-state index is 11.1. The minimum absolute atomic E-state index is 0.0534. The first kappa shape index (κ1) is 10.3. The van der Waals surface area contributed by atoms with Gasteiger partial charge in [-0.3, -0.25) is 4.90 Å². The van der Waals surface area contributed by atoms with E-state index < -0.39 is 0 Å². The van der Waals surface area contributed by atoms with Crippen LogP contribution in [-0.2, 0) is 9.47 Å². The van der Waals surface area contributed by atoms with Gasteiger partial charge in [0.25, 0.3) is 0 Å². The van der Waals surface area contributed by atoms with Gasteiger partial charge in [0.2, 0.25) is 0 Å². The molecule has 1 rings (SSSR count). The Kier molecular flexibility index (Phi) is 3.98. The monoisotopic (exact) mass is 189 g/mol. The van der Waals surface area contributed by atoms with Gasteiger partial charge < -0.3 is 14.6 Å². The molecule has 1 unspecified atom stereocenters. The van der Waals surface area contributed by atoms with E-state index in [-0.39, 0.29) is 18.7 Å². The zero-order valence-electron chi connectivity index (χ0n) is 7.73. The van der Waals surface area contributed by atoms with Gasteiger partial charge >= 0.3 is 6.09 Å². The number of aliphatic hydroxyl groups is 1. The number of carbonyl (C=O) groups excluding carboxylic acids is 1. The standard InChI is InChI=1S/C8H15NO4/c1-12-6-7(2-4-10)9-3-5-13-8(9)11/h7,10H,2-6H2,1H3. The van der Waals surface area contributed by atoms with Crippen molar-refractivity contribution in [3.8, 4) is 0 Å². The lowest BCUT2D eigenvalue weighted by molar-refractivity contribution is 0.0902. The summed E-state index contributed by atoms with van der Waals surface area (Å²) in [6, 6.07) is -0.0648. The second-order valence-electron chi connectivity index (χ2n) is 2.93. The minimum atomic E-state index is -0.310. The van der Waals surface area contributed by atoms with E-state index in [1.54, 1.807) is 12.0 Å². The topological polar surface area (TPSA) is 59.0 Å². The van der Waals surface area contributed by atoms with Gasteiger partial charge in [-0.2, -0.15) is 0 Å². The number of carbonyl (C=O) groups is 1. The first-order valence-electron chi connectivity index (χ1n) is 4.32. The molecule has 13 heavy (non-hydrogen) atoms. The molecular formula is C8H15NO4. The molecule has 0 saturated carbocycles. The average molecular weight is 189 g/mol. The summed E-state index contributed by atoms with van der Waals surface area (Å²) in [4.78, 5) is 12.7. The van der Waals surface area contributed by atoms with E-state index in [1.807, 2.05) is 0 Å². The van der Waals surface area contributed by atoms with E-state index >= 15 is 0 Å². The highest BCUT2D eigenvalue weighted by atomic mass is 16.6. The molecular weight excluding hydrogens is 174 g/mol. The van der Waals surface area contributed by atoms with Crippen LogP contribution >= 0.6 is 0 Å². The van der Waals surface area contributed by atoms with E-state index in [0.717, 1.165) is 0 Å². The summed E-state index contributed by atoms with van der Waals surface area (Å²) in [6.45, 7) is 1.52. The Balaban J connectivity index is 2.47. The van der Waals surface area contributed by atoms with E-state index in [2.05, 4.69) is 0 Å². The van der Waals surface area contributed by atoms with E-state index in [0.29, 0.717) is 26.2 Å². The summed E-state index contributed by atoms with van der Waals surface area (Å²) in [5.41, 5.74) is 0. The van der Waals surface area contributed by atoms with Gasteiger partial charge in [-0.15, -0.1) is 0 Å². The van der Waals surface area contributed by atoms with Crippen LogP contribution in [0.15, 0.2) is 0 Å². The number of hydrogen-bond acceptors (Lipinski definition) is 4. The molecule has 1 N–H and O–H groups in total. The Hall–Kier alpha value is -0.810.